The van der Waals surface area contributed by atoms with Gasteiger partial charge in [-0.3, -0.25) is 0 Å². The highest BCUT2D eigenvalue weighted by Gasteiger charge is 2.34. The predicted molar refractivity (Wildman–Crippen MR) is 115 cm³/mol. The molecule has 1 rings (SSSR count). The van der Waals surface area contributed by atoms with Crippen molar-refractivity contribution in [2.24, 2.45) is 11.8 Å². The van der Waals surface area contributed by atoms with E-state index in [0.29, 0.717) is 24.9 Å². The monoisotopic (exact) mass is 396 g/mol. The zero-order chi connectivity index (χ0) is 20.8. The smallest absolute Gasteiger partial charge is 0.333 e. The molecule has 1 unspecified atom stereocenters. The maximum atomic E-state index is 11.8. The molecule has 1 saturated carbocycles. The first-order valence-corrected chi connectivity index (χ1v) is 11.8. The quantitative estimate of drug-likeness (QED) is 0.216. The van der Waals surface area contributed by atoms with Gasteiger partial charge in [-0.15, -0.1) is 0 Å². The summed E-state index contributed by atoms with van der Waals surface area (Å²) in [6, 6.07) is 0. The number of carbonyl (C=O) groups is 1. The van der Waals surface area contributed by atoms with E-state index in [1.807, 2.05) is 19.9 Å². The third-order valence-corrected chi connectivity index (χ3v) is 6.25. The van der Waals surface area contributed by atoms with Crippen LogP contribution in [0.4, 0.5) is 0 Å². The molecule has 0 heterocycles. The summed E-state index contributed by atoms with van der Waals surface area (Å²) in [7, 11) is 0. The highest BCUT2D eigenvalue weighted by atomic mass is 16.5. The fourth-order valence-electron chi connectivity index (χ4n) is 4.49. The molecule has 0 aromatic heterocycles. The van der Waals surface area contributed by atoms with Crippen molar-refractivity contribution in [1.29, 1.82) is 0 Å². The van der Waals surface area contributed by atoms with Crippen molar-refractivity contribution in [3.8, 4) is 0 Å². The summed E-state index contributed by atoms with van der Waals surface area (Å²) >= 11 is 0. The van der Waals surface area contributed by atoms with Gasteiger partial charge in [0.05, 0.1) is 18.8 Å². The Morgan fingerprint density at radius 2 is 1.86 bits per heavy atom. The van der Waals surface area contributed by atoms with E-state index in [9.17, 15) is 15.0 Å². The molecule has 0 aliphatic heterocycles. The number of ether oxygens (including phenoxy) is 1. The number of rotatable bonds is 15. The van der Waals surface area contributed by atoms with Crippen LogP contribution in [0, 0.1) is 11.8 Å². The summed E-state index contributed by atoms with van der Waals surface area (Å²) in [6.07, 6.45) is 14.8. The Kier molecular flexibility index (Phi) is 13.5. The summed E-state index contributed by atoms with van der Waals surface area (Å²) in [6.45, 7) is 6.43. The minimum atomic E-state index is -0.186. The third kappa shape index (κ3) is 9.56. The Morgan fingerprint density at radius 1 is 1.07 bits per heavy atom. The summed E-state index contributed by atoms with van der Waals surface area (Å²) in [4.78, 5) is 11.8. The number of allylic oxidation sites excluding steroid dienone is 1. The van der Waals surface area contributed by atoms with E-state index >= 15 is 0 Å². The number of aliphatic hydroxyl groups is 2. The molecule has 0 spiro atoms. The van der Waals surface area contributed by atoms with Gasteiger partial charge in [0.2, 0.25) is 0 Å². The number of esters is 1. The van der Waals surface area contributed by atoms with Crippen LogP contribution in [0.3, 0.4) is 0 Å². The average molecular weight is 397 g/mol. The van der Waals surface area contributed by atoms with Crippen LogP contribution in [0.2, 0.25) is 0 Å². The maximum Gasteiger partial charge on any atom is 0.333 e. The van der Waals surface area contributed by atoms with Crippen molar-refractivity contribution >= 4 is 5.97 Å². The highest BCUT2D eigenvalue weighted by molar-refractivity contribution is 5.88. The van der Waals surface area contributed by atoms with Crippen molar-refractivity contribution in [2.45, 2.75) is 116 Å². The Bertz CT molecular complexity index is 446. The summed E-state index contributed by atoms with van der Waals surface area (Å²) in [5, 5.41) is 20.6. The molecule has 4 heteroatoms. The lowest BCUT2D eigenvalue weighted by molar-refractivity contribution is -0.138. The molecule has 0 aromatic carbocycles. The normalized spacial score (nSPS) is 23.8. The minimum absolute atomic E-state index is 0.176. The van der Waals surface area contributed by atoms with Gasteiger partial charge in [-0.2, -0.15) is 0 Å². The Balaban J connectivity index is 2.31. The lowest BCUT2D eigenvalue weighted by atomic mass is 9.85. The van der Waals surface area contributed by atoms with Gasteiger partial charge in [0.15, 0.2) is 0 Å². The average Bonchev–Trinajstić information content (AvgIpc) is 3.03. The molecule has 164 valence electrons. The van der Waals surface area contributed by atoms with E-state index in [1.54, 1.807) is 0 Å². The molecule has 0 radical (unpaired) electrons. The fourth-order valence-corrected chi connectivity index (χ4v) is 4.49. The third-order valence-electron chi connectivity index (χ3n) is 6.25. The van der Waals surface area contributed by atoms with Crippen LogP contribution in [0.5, 0.6) is 0 Å². The molecule has 4 atom stereocenters. The van der Waals surface area contributed by atoms with Crippen LogP contribution in [0.25, 0.3) is 0 Å². The summed E-state index contributed by atoms with van der Waals surface area (Å²) in [5.41, 5.74) is 0.776. The predicted octanol–water partition coefficient (Wildman–Crippen LogP) is 5.55. The van der Waals surface area contributed by atoms with Crippen LogP contribution >= 0.6 is 0 Å². The maximum absolute atomic E-state index is 11.8. The standard InChI is InChI=1S/C24H44O4/c1-4-7-9-13-21(25)17-15-20-16-18-23(26)22(20)14-11-8-10-12-19(5-2)24(27)28-6-3/h12,20-23,25-26H,4-11,13-18H2,1-3H3/t20-,21?,22+,23-/m0/s1. The van der Waals surface area contributed by atoms with Gasteiger partial charge < -0.3 is 14.9 Å². The van der Waals surface area contributed by atoms with Crippen LogP contribution in [0.15, 0.2) is 11.6 Å². The van der Waals surface area contributed by atoms with Gasteiger partial charge in [-0.1, -0.05) is 45.6 Å². The lowest BCUT2D eigenvalue weighted by Gasteiger charge is -2.23. The van der Waals surface area contributed by atoms with Crippen LogP contribution in [0.1, 0.15) is 104 Å². The molecule has 2 N–H and O–H groups in total. The van der Waals surface area contributed by atoms with Crippen molar-refractivity contribution in [2.75, 3.05) is 6.61 Å². The number of hydrogen-bond donors (Lipinski definition) is 2. The molecular formula is C24H44O4. The second kappa shape index (κ2) is 15.0. The largest absolute Gasteiger partial charge is 0.463 e. The van der Waals surface area contributed by atoms with Crippen molar-refractivity contribution in [1.82, 2.24) is 0 Å². The highest BCUT2D eigenvalue weighted by Crippen LogP contribution is 2.39. The zero-order valence-electron chi connectivity index (χ0n) is 18.5. The Hall–Kier alpha value is -0.870. The molecule has 0 aromatic rings. The van der Waals surface area contributed by atoms with Crippen LogP contribution < -0.4 is 0 Å². The van der Waals surface area contributed by atoms with Gasteiger partial charge in [-0.05, 0) is 76.5 Å². The molecular weight excluding hydrogens is 352 g/mol. The molecule has 1 aliphatic carbocycles. The molecule has 1 fully saturated rings. The van der Waals surface area contributed by atoms with Crippen molar-refractivity contribution in [3.63, 3.8) is 0 Å². The zero-order valence-corrected chi connectivity index (χ0v) is 18.5. The first kappa shape index (κ1) is 25.2. The van der Waals surface area contributed by atoms with E-state index in [-0.39, 0.29) is 18.2 Å². The van der Waals surface area contributed by atoms with E-state index in [1.165, 1.54) is 12.8 Å². The van der Waals surface area contributed by atoms with E-state index in [0.717, 1.165) is 69.8 Å². The van der Waals surface area contributed by atoms with Gasteiger partial charge in [0, 0.05) is 5.57 Å². The number of hydrogen-bond acceptors (Lipinski definition) is 4. The SMILES string of the molecule is CCCCCC(O)CC[C@H]1CC[C@H](O)[C@@H]1CCCCC=C(CC)C(=O)OCC. The van der Waals surface area contributed by atoms with Gasteiger partial charge in [0.25, 0.3) is 0 Å². The lowest BCUT2D eigenvalue weighted by Crippen LogP contribution is -2.20. The molecule has 4 nitrogen and oxygen atoms in total. The number of aliphatic hydroxyl groups excluding tert-OH is 2. The minimum Gasteiger partial charge on any atom is -0.463 e. The van der Waals surface area contributed by atoms with E-state index in [4.69, 9.17) is 4.74 Å². The van der Waals surface area contributed by atoms with Crippen molar-refractivity contribution < 1.29 is 19.7 Å². The van der Waals surface area contributed by atoms with E-state index in [2.05, 4.69) is 6.92 Å². The summed E-state index contributed by atoms with van der Waals surface area (Å²) in [5.74, 6) is 0.744. The Labute approximate surface area is 172 Å². The van der Waals surface area contributed by atoms with E-state index < -0.39 is 0 Å². The molecule has 0 amide bonds. The van der Waals surface area contributed by atoms with Gasteiger partial charge >= 0.3 is 5.97 Å². The molecule has 28 heavy (non-hydrogen) atoms. The Morgan fingerprint density at radius 3 is 2.54 bits per heavy atom. The second-order valence-electron chi connectivity index (χ2n) is 8.38. The first-order valence-electron chi connectivity index (χ1n) is 11.8. The number of carbonyl (C=O) groups excluding carboxylic acids is 1. The van der Waals surface area contributed by atoms with Crippen molar-refractivity contribution in [3.05, 3.63) is 11.6 Å². The molecule has 0 bridgehead atoms. The molecule has 1 aliphatic rings. The molecule has 0 saturated heterocycles. The van der Waals surface area contributed by atoms with Crippen LogP contribution in [-0.4, -0.2) is 35.0 Å². The van der Waals surface area contributed by atoms with Gasteiger partial charge in [0.1, 0.15) is 0 Å². The topological polar surface area (TPSA) is 66.8 Å². The second-order valence-corrected chi connectivity index (χ2v) is 8.38. The summed E-state index contributed by atoms with van der Waals surface area (Å²) < 4.78 is 5.08. The van der Waals surface area contributed by atoms with Crippen LogP contribution in [-0.2, 0) is 9.53 Å². The van der Waals surface area contributed by atoms with Gasteiger partial charge in [-0.25, -0.2) is 4.79 Å². The first-order chi connectivity index (χ1) is 13.5. The fraction of sp³-hybridized carbons (Fsp3) is 0.875. The number of unbranched alkanes of at least 4 members (excludes halogenated alkanes) is 4.